The summed E-state index contributed by atoms with van der Waals surface area (Å²) in [6.45, 7) is 20.0. The zero-order valence-corrected chi connectivity index (χ0v) is 42.5. The van der Waals surface area contributed by atoms with Gasteiger partial charge in [-0.05, 0) is 185 Å². The largest absolute Gasteiger partial charge is 0.493 e. The first-order valence-corrected chi connectivity index (χ1v) is 24.2. The number of aliphatic carboxylic acids is 2. The third-order valence-electron chi connectivity index (χ3n) is 12.9. The van der Waals surface area contributed by atoms with E-state index in [0.29, 0.717) is 24.3 Å². The number of ether oxygens (including phenoxy) is 4. The average Bonchev–Trinajstić information content (AvgIpc) is 3.32. The van der Waals surface area contributed by atoms with Crippen molar-refractivity contribution in [3.63, 3.8) is 0 Å². The van der Waals surface area contributed by atoms with E-state index < -0.39 is 35.3 Å². The van der Waals surface area contributed by atoms with Crippen LogP contribution in [-0.4, -0.2) is 56.5 Å². The van der Waals surface area contributed by atoms with Gasteiger partial charge in [-0.2, -0.15) is 0 Å². The molecule has 10 nitrogen and oxygen atoms in total. The normalized spacial score (nSPS) is 13.7. The molecule has 0 spiro atoms. The zero-order valence-electron chi connectivity index (χ0n) is 42.5. The molecular formula is C62H58N2O8. The first-order valence-electron chi connectivity index (χ1n) is 24.2. The molecule has 0 amide bonds. The van der Waals surface area contributed by atoms with E-state index in [1.807, 2.05) is 167 Å². The van der Waals surface area contributed by atoms with Crippen LogP contribution in [0.4, 0.5) is 0 Å². The van der Waals surface area contributed by atoms with Gasteiger partial charge in [0, 0.05) is 69.4 Å². The molecule has 0 saturated carbocycles. The topological polar surface area (TPSA) is 137 Å². The molecule has 0 saturated heterocycles. The molecule has 2 aliphatic rings. The molecule has 0 bridgehead atoms. The molecule has 0 radical (unpaired) electrons. The Bertz CT molecular complexity index is 3390. The summed E-state index contributed by atoms with van der Waals surface area (Å²) in [5.41, 5.74) is 10.8. The Morgan fingerprint density at radius 2 is 0.986 bits per heavy atom. The summed E-state index contributed by atoms with van der Waals surface area (Å²) in [4.78, 5) is 34.8. The summed E-state index contributed by atoms with van der Waals surface area (Å²) in [7, 11) is 0. The lowest BCUT2D eigenvalue weighted by molar-refractivity contribution is -0.161. The van der Waals surface area contributed by atoms with Gasteiger partial charge in [-0.25, -0.2) is 9.59 Å². The van der Waals surface area contributed by atoms with E-state index in [2.05, 4.69) is 23.7 Å². The maximum Gasteiger partial charge on any atom is 0.337 e. The van der Waals surface area contributed by atoms with Gasteiger partial charge in [0.25, 0.3) is 0 Å². The number of hydrogen-bond donors (Lipinski definition) is 2. The van der Waals surface area contributed by atoms with Crippen molar-refractivity contribution < 1.29 is 38.7 Å². The van der Waals surface area contributed by atoms with Crippen LogP contribution in [0.5, 0.6) is 11.5 Å². The van der Waals surface area contributed by atoms with Crippen molar-refractivity contribution >= 4 is 55.3 Å². The Balaban J connectivity index is 0.000000178. The first-order chi connectivity index (χ1) is 34.3. The third-order valence-corrected chi connectivity index (χ3v) is 12.9. The van der Waals surface area contributed by atoms with Gasteiger partial charge in [0.15, 0.2) is 12.2 Å². The second-order valence-electron chi connectivity index (χ2n) is 20.3. The van der Waals surface area contributed by atoms with E-state index >= 15 is 0 Å². The highest BCUT2D eigenvalue weighted by Crippen LogP contribution is 2.47. The number of hydrogen-bond acceptors (Lipinski definition) is 8. The van der Waals surface area contributed by atoms with E-state index in [9.17, 15) is 19.8 Å². The summed E-state index contributed by atoms with van der Waals surface area (Å²) in [6, 6.07) is 28.1. The Hall–Kier alpha value is -7.76. The van der Waals surface area contributed by atoms with Crippen molar-refractivity contribution in [3.8, 4) is 57.4 Å². The summed E-state index contributed by atoms with van der Waals surface area (Å²) in [5, 5.41) is 26.5. The van der Waals surface area contributed by atoms with Crippen molar-refractivity contribution in [2.45, 2.75) is 105 Å². The third kappa shape index (κ3) is 9.56. The molecule has 10 rings (SSSR count). The maximum absolute atomic E-state index is 12.6. The molecular weight excluding hydrogens is 901 g/mol. The van der Waals surface area contributed by atoms with E-state index in [1.165, 1.54) is 11.1 Å². The number of benzene rings is 6. The van der Waals surface area contributed by atoms with E-state index in [-0.39, 0.29) is 0 Å². The van der Waals surface area contributed by atoms with Crippen LogP contribution in [0.25, 0.3) is 65.6 Å². The lowest BCUT2D eigenvalue weighted by atomic mass is 9.85. The van der Waals surface area contributed by atoms with E-state index in [4.69, 9.17) is 28.9 Å². The fourth-order valence-electron chi connectivity index (χ4n) is 10.2. The zero-order chi connectivity index (χ0) is 51.2. The predicted octanol–water partition coefficient (Wildman–Crippen LogP) is 13.2. The van der Waals surface area contributed by atoms with Crippen LogP contribution in [0.2, 0.25) is 0 Å². The molecule has 2 N–H and O–H groups in total. The fourth-order valence-corrected chi connectivity index (χ4v) is 10.2. The molecule has 10 heteroatoms. The molecule has 6 aromatic carbocycles. The number of aromatic nitrogens is 2. The monoisotopic (exact) mass is 958 g/mol. The number of aryl methyl sites for hydroxylation is 2. The Morgan fingerprint density at radius 3 is 1.35 bits per heavy atom. The summed E-state index contributed by atoms with van der Waals surface area (Å²) in [5.74, 6) is 11.7. The van der Waals surface area contributed by atoms with Crippen LogP contribution in [0, 0.1) is 37.5 Å². The molecule has 0 unspecified atom stereocenters. The Kier molecular flexibility index (Phi) is 13.3. The Labute approximate surface area is 420 Å². The first kappa shape index (κ1) is 49.2. The van der Waals surface area contributed by atoms with Crippen LogP contribution in [0.1, 0.15) is 112 Å². The molecule has 0 fully saturated rings. The van der Waals surface area contributed by atoms with Crippen LogP contribution < -0.4 is 9.47 Å². The molecule has 2 atom stereocenters. The summed E-state index contributed by atoms with van der Waals surface area (Å²) < 4.78 is 24.2. The van der Waals surface area contributed by atoms with Gasteiger partial charge in [0.05, 0.1) is 35.4 Å². The van der Waals surface area contributed by atoms with Crippen molar-refractivity contribution in [3.05, 3.63) is 142 Å². The number of pyridine rings is 2. The average molecular weight is 959 g/mol. The van der Waals surface area contributed by atoms with Crippen LogP contribution >= 0.6 is 0 Å². The number of carboxylic acid groups (broad SMARTS) is 2. The number of nitrogens with zero attached hydrogens (tertiary/aromatic N) is 2. The number of rotatable bonds is 8. The predicted molar refractivity (Wildman–Crippen MR) is 285 cm³/mol. The molecule has 8 aromatic rings. The Morgan fingerprint density at radius 1 is 0.583 bits per heavy atom. The van der Waals surface area contributed by atoms with Crippen LogP contribution in [0.15, 0.2) is 97.3 Å². The highest BCUT2D eigenvalue weighted by Gasteiger charge is 2.35. The lowest BCUT2D eigenvalue weighted by Crippen LogP contribution is -2.28. The summed E-state index contributed by atoms with van der Waals surface area (Å²) >= 11 is 0. The molecule has 2 aromatic heterocycles. The highest BCUT2D eigenvalue weighted by atomic mass is 16.5. The fraction of sp³-hybridized carbons (Fsp3) is 0.290. The van der Waals surface area contributed by atoms with Crippen LogP contribution in [-0.2, 0) is 31.9 Å². The number of carbonyl (C=O) groups is 2. The van der Waals surface area contributed by atoms with E-state index in [1.54, 1.807) is 0 Å². The number of carboxylic acids is 2. The number of fused-ring (bicyclic) bond motifs is 2. The second kappa shape index (κ2) is 19.4. The standard InChI is InChI=1S/2C31H29NO4/c2*1-6-7-19-8-9-22-21(17-19)16-18(2)25(29(30(33)34)36-31(3,4)5)27(22)23-10-11-24-26-20(13-15-35-24)12-14-32-28(23)26/h2*8-12,14,16-17,29H,13,15H2,1-5H3,(H,33,34)/t2*29-/m00/s1. The SMILES string of the molecule is CC#Cc1ccc2c(-c3ccc4c5c(ccnc35)CCO4)c([C@H](OC(C)(C)C)C(=O)O)c(C)cc2c1.CC#Cc1ccc2c(-c3ccc4c5c(ccnc35)CCO4)c([C@H](OC(C)(C)C)C(=O)O)c(C)cc2c1. The van der Waals surface area contributed by atoms with Gasteiger partial charge < -0.3 is 29.2 Å². The van der Waals surface area contributed by atoms with Gasteiger partial charge in [0.1, 0.15) is 11.5 Å². The van der Waals surface area contributed by atoms with Gasteiger partial charge in [-0.1, -0.05) is 36.1 Å². The highest BCUT2D eigenvalue weighted by molar-refractivity contribution is 6.10. The van der Waals surface area contributed by atoms with E-state index in [0.717, 1.165) is 112 Å². The van der Waals surface area contributed by atoms with Crippen molar-refractivity contribution in [2.24, 2.45) is 0 Å². The minimum absolute atomic E-state index is 0.631. The molecule has 2 aliphatic heterocycles. The lowest BCUT2D eigenvalue weighted by Gasteiger charge is -2.29. The molecule has 72 heavy (non-hydrogen) atoms. The molecule has 364 valence electrons. The minimum atomic E-state index is -1.15. The van der Waals surface area contributed by atoms with Crippen molar-refractivity contribution in [2.75, 3.05) is 13.2 Å². The van der Waals surface area contributed by atoms with Gasteiger partial charge in [0.2, 0.25) is 0 Å². The molecule has 4 heterocycles. The molecule has 0 aliphatic carbocycles. The van der Waals surface area contributed by atoms with Crippen LogP contribution in [0.3, 0.4) is 0 Å². The van der Waals surface area contributed by atoms with Gasteiger partial charge in [-0.3, -0.25) is 9.97 Å². The van der Waals surface area contributed by atoms with Gasteiger partial charge in [-0.15, -0.1) is 11.8 Å². The smallest absolute Gasteiger partial charge is 0.337 e. The van der Waals surface area contributed by atoms with Gasteiger partial charge >= 0.3 is 11.9 Å². The maximum atomic E-state index is 12.6. The summed E-state index contributed by atoms with van der Waals surface area (Å²) in [6.07, 6.45) is 2.96. The van der Waals surface area contributed by atoms with Crippen molar-refractivity contribution in [1.29, 1.82) is 0 Å². The van der Waals surface area contributed by atoms with Crippen molar-refractivity contribution in [1.82, 2.24) is 9.97 Å². The quantitative estimate of drug-likeness (QED) is 0.142. The second-order valence-corrected chi connectivity index (χ2v) is 20.3. The minimum Gasteiger partial charge on any atom is -0.493 e.